The fraction of sp³-hybridized carbons (Fsp3) is 0.433. The number of nitrogens with one attached hydrogen (secondary N) is 1. The summed E-state index contributed by atoms with van der Waals surface area (Å²) in [5, 5.41) is 11.8. The Balaban J connectivity index is 1.63. The lowest BCUT2D eigenvalue weighted by Crippen LogP contribution is -2.26. The van der Waals surface area contributed by atoms with Gasteiger partial charge < -0.3 is 24.3 Å². The maximum Gasteiger partial charge on any atom is 0.407 e. The zero-order valence-corrected chi connectivity index (χ0v) is 22.9. The molecule has 2 N–H and O–H groups in total. The van der Waals surface area contributed by atoms with Gasteiger partial charge in [-0.25, -0.2) is 9.78 Å². The van der Waals surface area contributed by atoms with Crippen LogP contribution in [0.3, 0.4) is 0 Å². The van der Waals surface area contributed by atoms with Gasteiger partial charge in [0, 0.05) is 24.9 Å². The van der Waals surface area contributed by atoms with Crippen LogP contribution in [0.25, 0.3) is 11.5 Å². The summed E-state index contributed by atoms with van der Waals surface area (Å²) in [5.74, 6) is 1.70. The SMILES string of the molecule is Cc1oc(-c2ccc(CC(C)C)cc2)nc1CCOc1ccc(CCC(=O)O)c(CNC(=O)OC(C)C)c1. The Morgan fingerprint density at radius 1 is 1.03 bits per heavy atom. The fourth-order valence-electron chi connectivity index (χ4n) is 4.07. The van der Waals surface area contributed by atoms with Crippen LogP contribution in [0.15, 0.2) is 46.9 Å². The highest BCUT2D eigenvalue weighted by molar-refractivity contribution is 5.68. The number of alkyl carbamates (subject to hydrolysis) is 1. The molecular formula is C30H38N2O6. The highest BCUT2D eigenvalue weighted by atomic mass is 16.6. The lowest BCUT2D eigenvalue weighted by atomic mass is 10.0. The van der Waals surface area contributed by atoms with Crippen molar-refractivity contribution < 1.29 is 28.6 Å². The maximum absolute atomic E-state index is 11.9. The van der Waals surface area contributed by atoms with E-state index < -0.39 is 12.1 Å². The van der Waals surface area contributed by atoms with Crippen LogP contribution in [0.5, 0.6) is 5.75 Å². The van der Waals surface area contributed by atoms with Gasteiger partial charge in [0.15, 0.2) is 0 Å². The number of hydrogen-bond acceptors (Lipinski definition) is 6. The highest BCUT2D eigenvalue weighted by Gasteiger charge is 2.13. The molecule has 0 aliphatic heterocycles. The molecule has 3 aromatic rings. The number of amides is 1. The number of benzene rings is 2. The summed E-state index contributed by atoms with van der Waals surface area (Å²) in [6, 6.07) is 13.8. The van der Waals surface area contributed by atoms with Crippen molar-refractivity contribution in [2.45, 2.75) is 73.0 Å². The molecule has 0 fully saturated rings. The summed E-state index contributed by atoms with van der Waals surface area (Å²) in [7, 11) is 0. The van der Waals surface area contributed by atoms with Gasteiger partial charge in [0.25, 0.3) is 0 Å². The van der Waals surface area contributed by atoms with Crippen LogP contribution in [0, 0.1) is 12.8 Å². The summed E-state index contributed by atoms with van der Waals surface area (Å²) in [6.45, 7) is 10.4. The number of ether oxygens (including phenoxy) is 2. The number of aromatic nitrogens is 1. The van der Waals surface area contributed by atoms with Crippen LogP contribution < -0.4 is 10.1 Å². The first kappa shape index (κ1) is 28.8. The van der Waals surface area contributed by atoms with Crippen LogP contribution in [0.2, 0.25) is 0 Å². The first-order valence-corrected chi connectivity index (χ1v) is 13.1. The number of carboxylic acid groups (broad SMARTS) is 1. The smallest absolute Gasteiger partial charge is 0.407 e. The average molecular weight is 523 g/mol. The zero-order valence-electron chi connectivity index (χ0n) is 22.9. The van der Waals surface area contributed by atoms with Crippen molar-refractivity contribution in [2.75, 3.05) is 6.61 Å². The minimum atomic E-state index is -0.877. The molecule has 0 saturated heterocycles. The lowest BCUT2D eigenvalue weighted by Gasteiger charge is -2.14. The molecule has 38 heavy (non-hydrogen) atoms. The molecule has 8 nitrogen and oxygen atoms in total. The minimum absolute atomic E-state index is 0.00212. The first-order chi connectivity index (χ1) is 18.1. The molecule has 0 saturated carbocycles. The third kappa shape index (κ3) is 8.94. The van der Waals surface area contributed by atoms with Crippen molar-refractivity contribution >= 4 is 12.1 Å². The third-order valence-electron chi connectivity index (χ3n) is 5.90. The van der Waals surface area contributed by atoms with Crippen molar-refractivity contribution in [3.63, 3.8) is 0 Å². The Bertz CT molecular complexity index is 1210. The topological polar surface area (TPSA) is 111 Å². The van der Waals surface area contributed by atoms with Crippen LogP contribution >= 0.6 is 0 Å². The van der Waals surface area contributed by atoms with Crippen molar-refractivity contribution in [3.05, 3.63) is 70.6 Å². The van der Waals surface area contributed by atoms with E-state index >= 15 is 0 Å². The van der Waals surface area contributed by atoms with Crippen LogP contribution in [0.1, 0.15) is 62.3 Å². The fourth-order valence-corrected chi connectivity index (χ4v) is 4.07. The molecule has 1 aromatic heterocycles. The Kier molecular flexibility index (Phi) is 10.3. The standard InChI is InChI=1S/C30H38N2O6/c1-19(2)16-22-6-8-24(9-7-22)29-32-27(21(5)38-29)14-15-36-26-12-10-23(11-13-28(33)34)25(17-26)18-31-30(35)37-20(3)4/h6-10,12,17,19-20H,11,13-16,18H2,1-5H3,(H,31,35)(H,33,34). The van der Waals surface area contributed by atoms with Crippen LogP contribution in [-0.2, 0) is 35.3 Å². The van der Waals surface area contributed by atoms with Gasteiger partial charge in [0.05, 0.1) is 18.4 Å². The molecule has 2 aromatic carbocycles. The van der Waals surface area contributed by atoms with Crippen molar-refractivity contribution in [1.82, 2.24) is 10.3 Å². The van der Waals surface area contributed by atoms with E-state index in [0.717, 1.165) is 34.6 Å². The quantitative estimate of drug-likeness (QED) is 0.278. The molecule has 1 amide bonds. The number of rotatable bonds is 13. The predicted octanol–water partition coefficient (Wildman–Crippen LogP) is 6.12. The average Bonchev–Trinajstić information content (AvgIpc) is 3.22. The van der Waals surface area contributed by atoms with Gasteiger partial charge in [-0.3, -0.25) is 4.79 Å². The van der Waals surface area contributed by atoms with Crippen molar-refractivity contribution in [1.29, 1.82) is 0 Å². The van der Waals surface area contributed by atoms with Gasteiger partial charge in [0.1, 0.15) is 11.5 Å². The van der Waals surface area contributed by atoms with E-state index in [0.29, 0.717) is 37.0 Å². The summed E-state index contributed by atoms with van der Waals surface area (Å²) < 4.78 is 17.0. The maximum atomic E-state index is 11.9. The van der Waals surface area contributed by atoms with Gasteiger partial charge in [-0.2, -0.15) is 0 Å². The Hall–Kier alpha value is -3.81. The summed E-state index contributed by atoms with van der Waals surface area (Å²) >= 11 is 0. The molecule has 0 aliphatic rings. The molecular weight excluding hydrogens is 484 g/mol. The Morgan fingerprint density at radius 2 is 1.76 bits per heavy atom. The van der Waals surface area contributed by atoms with Gasteiger partial charge in [0.2, 0.25) is 5.89 Å². The summed E-state index contributed by atoms with van der Waals surface area (Å²) in [4.78, 5) is 27.7. The van der Waals surface area contributed by atoms with Gasteiger partial charge in [-0.05, 0) is 80.5 Å². The van der Waals surface area contributed by atoms with E-state index in [4.69, 9.17) is 19.0 Å². The molecule has 0 bridgehead atoms. The van der Waals surface area contributed by atoms with E-state index in [2.05, 4.69) is 36.3 Å². The van der Waals surface area contributed by atoms with E-state index in [9.17, 15) is 9.59 Å². The second-order valence-electron chi connectivity index (χ2n) is 10.0. The van der Waals surface area contributed by atoms with E-state index in [-0.39, 0.29) is 19.1 Å². The number of carbonyl (C=O) groups is 2. The molecule has 8 heteroatoms. The summed E-state index contributed by atoms with van der Waals surface area (Å²) in [5.41, 5.74) is 4.69. The van der Waals surface area contributed by atoms with E-state index in [1.54, 1.807) is 13.8 Å². The van der Waals surface area contributed by atoms with E-state index in [1.165, 1.54) is 5.56 Å². The number of oxazole rings is 1. The largest absolute Gasteiger partial charge is 0.493 e. The highest BCUT2D eigenvalue weighted by Crippen LogP contribution is 2.24. The van der Waals surface area contributed by atoms with Gasteiger partial charge in [-0.1, -0.05) is 32.0 Å². The number of aryl methyl sites for hydroxylation is 2. The van der Waals surface area contributed by atoms with Crippen molar-refractivity contribution in [3.8, 4) is 17.2 Å². The molecule has 1 heterocycles. The molecule has 0 atom stereocenters. The van der Waals surface area contributed by atoms with Gasteiger partial charge in [-0.15, -0.1) is 0 Å². The molecule has 0 spiro atoms. The third-order valence-corrected chi connectivity index (χ3v) is 5.90. The van der Waals surface area contributed by atoms with Crippen molar-refractivity contribution in [2.24, 2.45) is 5.92 Å². The number of carbonyl (C=O) groups excluding carboxylic acids is 1. The zero-order chi connectivity index (χ0) is 27.7. The molecule has 3 rings (SSSR count). The number of carboxylic acids is 1. The summed E-state index contributed by atoms with van der Waals surface area (Å²) in [6.07, 6.45) is 1.19. The van der Waals surface area contributed by atoms with Crippen LogP contribution in [0.4, 0.5) is 4.79 Å². The molecule has 0 aliphatic carbocycles. The molecule has 204 valence electrons. The molecule has 0 radical (unpaired) electrons. The molecule has 0 unspecified atom stereocenters. The number of hydrogen-bond donors (Lipinski definition) is 2. The monoisotopic (exact) mass is 522 g/mol. The lowest BCUT2D eigenvalue weighted by molar-refractivity contribution is -0.136. The number of aliphatic carboxylic acids is 1. The number of nitrogens with zero attached hydrogens (tertiary/aromatic N) is 1. The van der Waals surface area contributed by atoms with Gasteiger partial charge >= 0.3 is 12.1 Å². The minimum Gasteiger partial charge on any atom is -0.493 e. The second-order valence-corrected chi connectivity index (χ2v) is 10.0. The Morgan fingerprint density at radius 3 is 2.42 bits per heavy atom. The Labute approximate surface area is 224 Å². The first-order valence-electron chi connectivity index (χ1n) is 13.1. The predicted molar refractivity (Wildman–Crippen MR) is 145 cm³/mol. The normalized spacial score (nSPS) is 11.1. The second kappa shape index (κ2) is 13.7. The van der Waals surface area contributed by atoms with E-state index in [1.807, 2.05) is 37.3 Å². The van der Waals surface area contributed by atoms with Crippen LogP contribution in [-0.4, -0.2) is 34.9 Å².